The molecule has 35 heavy (non-hydrogen) atoms. The van der Waals surface area contributed by atoms with Crippen LogP contribution in [0.2, 0.25) is 0 Å². The molecule has 1 aliphatic heterocycles. The molecule has 0 aliphatic carbocycles. The second kappa shape index (κ2) is 11.3. The van der Waals surface area contributed by atoms with Crippen LogP contribution in [0.25, 0.3) is 0 Å². The lowest BCUT2D eigenvalue weighted by Gasteiger charge is -2.24. The molecule has 1 heterocycles. The molecule has 1 N–H and O–H groups in total. The molecule has 1 fully saturated rings. The minimum absolute atomic E-state index is 0.00967. The highest BCUT2D eigenvalue weighted by molar-refractivity contribution is 5.91. The maximum atomic E-state index is 12.8. The number of rotatable bonds is 9. The summed E-state index contributed by atoms with van der Waals surface area (Å²) < 4.78 is 10.5. The molecule has 0 aromatic heterocycles. The number of ether oxygens (including phenoxy) is 2. The molecular weight excluding hydrogens is 444 g/mol. The van der Waals surface area contributed by atoms with E-state index in [0.717, 1.165) is 16.7 Å². The Morgan fingerprint density at radius 2 is 1.60 bits per heavy atom. The highest BCUT2D eigenvalue weighted by atomic mass is 16.5. The Hall–Kier alpha value is -4.13. The third-order valence-electron chi connectivity index (χ3n) is 6.00. The van der Waals surface area contributed by atoms with Gasteiger partial charge in [-0.2, -0.15) is 0 Å². The molecule has 7 nitrogen and oxygen atoms in total. The largest absolute Gasteiger partial charge is 0.489 e. The van der Waals surface area contributed by atoms with E-state index in [4.69, 9.17) is 9.47 Å². The molecule has 0 radical (unpaired) electrons. The number of nitrogens with one attached hydrogen (secondary N) is 1. The van der Waals surface area contributed by atoms with E-state index in [-0.39, 0.29) is 17.8 Å². The van der Waals surface area contributed by atoms with Gasteiger partial charge in [-0.15, -0.1) is 0 Å². The van der Waals surface area contributed by atoms with Gasteiger partial charge in [-0.25, -0.2) is 4.79 Å². The minimum atomic E-state index is -0.448. The predicted molar refractivity (Wildman–Crippen MR) is 130 cm³/mol. The van der Waals surface area contributed by atoms with Gasteiger partial charge in [0.2, 0.25) is 11.8 Å². The number of amides is 2. The highest BCUT2D eigenvalue weighted by Crippen LogP contribution is 2.22. The number of likely N-dealkylation sites (tertiary alicyclic amines) is 1. The van der Waals surface area contributed by atoms with Crippen molar-refractivity contribution in [2.45, 2.75) is 38.6 Å². The first-order chi connectivity index (χ1) is 17.0. The summed E-state index contributed by atoms with van der Waals surface area (Å²) in [5, 5.41) is 2.96. The maximum absolute atomic E-state index is 12.8. The van der Waals surface area contributed by atoms with Gasteiger partial charge in [0.1, 0.15) is 18.4 Å². The van der Waals surface area contributed by atoms with Crippen LogP contribution < -0.4 is 10.1 Å². The molecule has 0 bridgehead atoms. The lowest BCUT2D eigenvalue weighted by Crippen LogP contribution is -2.44. The van der Waals surface area contributed by atoms with E-state index < -0.39 is 6.04 Å². The van der Waals surface area contributed by atoms with E-state index >= 15 is 0 Å². The highest BCUT2D eigenvalue weighted by Gasteiger charge is 2.35. The van der Waals surface area contributed by atoms with Crippen LogP contribution in [0.3, 0.4) is 0 Å². The van der Waals surface area contributed by atoms with E-state index in [1.165, 1.54) is 7.11 Å². The summed E-state index contributed by atoms with van der Waals surface area (Å²) in [6.07, 6.45) is 0.924. The summed E-state index contributed by atoms with van der Waals surface area (Å²) in [4.78, 5) is 38.3. The Labute approximate surface area is 204 Å². The van der Waals surface area contributed by atoms with Gasteiger partial charge >= 0.3 is 5.97 Å². The van der Waals surface area contributed by atoms with Crippen LogP contribution >= 0.6 is 0 Å². The van der Waals surface area contributed by atoms with Crippen molar-refractivity contribution in [3.8, 4) is 5.75 Å². The van der Waals surface area contributed by atoms with E-state index in [1.54, 1.807) is 17.0 Å². The van der Waals surface area contributed by atoms with Crippen LogP contribution in [0, 0.1) is 0 Å². The van der Waals surface area contributed by atoms with Crippen molar-refractivity contribution in [2.75, 3.05) is 7.11 Å². The first kappa shape index (κ1) is 24.0. The average molecular weight is 473 g/mol. The summed E-state index contributed by atoms with van der Waals surface area (Å²) in [5.41, 5.74) is 3.37. The number of esters is 1. The SMILES string of the molecule is COC(=O)c1ccc(COc2ccc(CNC(=O)[C@@H]3CCC(=O)N3Cc3ccccc3)cc2)cc1. The predicted octanol–water partition coefficient (Wildman–Crippen LogP) is 3.86. The normalized spacial score (nSPS) is 15.1. The number of benzene rings is 3. The average Bonchev–Trinajstić information content (AvgIpc) is 3.27. The Morgan fingerprint density at radius 3 is 2.29 bits per heavy atom. The van der Waals surface area contributed by atoms with Crippen molar-refractivity contribution in [1.29, 1.82) is 0 Å². The zero-order chi connectivity index (χ0) is 24.6. The summed E-state index contributed by atoms with van der Waals surface area (Å²) in [6.45, 7) is 1.18. The lowest BCUT2D eigenvalue weighted by atomic mass is 10.1. The first-order valence-electron chi connectivity index (χ1n) is 11.5. The van der Waals surface area contributed by atoms with Crippen molar-refractivity contribution in [3.63, 3.8) is 0 Å². The topological polar surface area (TPSA) is 84.9 Å². The summed E-state index contributed by atoms with van der Waals surface area (Å²) >= 11 is 0. The Kier molecular flexibility index (Phi) is 7.77. The molecule has 4 rings (SSSR count). The Bertz CT molecular complexity index is 1160. The van der Waals surface area contributed by atoms with E-state index in [0.29, 0.717) is 43.9 Å². The monoisotopic (exact) mass is 472 g/mol. The van der Waals surface area contributed by atoms with Crippen molar-refractivity contribution < 1.29 is 23.9 Å². The third-order valence-corrected chi connectivity index (χ3v) is 6.00. The van der Waals surface area contributed by atoms with Gasteiger partial charge in [-0.05, 0) is 47.4 Å². The second-order valence-corrected chi connectivity index (χ2v) is 8.40. The number of nitrogens with zero attached hydrogens (tertiary/aromatic N) is 1. The molecule has 2 amide bonds. The molecule has 3 aromatic carbocycles. The fourth-order valence-electron chi connectivity index (χ4n) is 4.02. The molecule has 0 unspecified atom stereocenters. The van der Waals surface area contributed by atoms with Crippen LogP contribution in [0.4, 0.5) is 0 Å². The van der Waals surface area contributed by atoms with E-state index in [1.807, 2.05) is 66.7 Å². The van der Waals surface area contributed by atoms with Crippen molar-refractivity contribution in [3.05, 3.63) is 101 Å². The lowest BCUT2D eigenvalue weighted by molar-refractivity contribution is -0.135. The van der Waals surface area contributed by atoms with Gasteiger partial charge in [0.25, 0.3) is 0 Å². The molecule has 1 aliphatic rings. The molecule has 7 heteroatoms. The summed E-state index contributed by atoms with van der Waals surface area (Å²) in [6, 6.07) is 23.8. The molecule has 3 aromatic rings. The molecule has 180 valence electrons. The molecule has 0 saturated carbocycles. The van der Waals surface area contributed by atoms with Crippen LogP contribution in [0.1, 0.15) is 39.9 Å². The fourth-order valence-corrected chi connectivity index (χ4v) is 4.02. The smallest absolute Gasteiger partial charge is 0.337 e. The zero-order valence-electron chi connectivity index (χ0n) is 19.6. The van der Waals surface area contributed by atoms with Gasteiger partial charge in [0, 0.05) is 19.5 Å². The molecular formula is C28H28N2O5. The van der Waals surface area contributed by atoms with Crippen molar-refractivity contribution in [2.24, 2.45) is 0 Å². The van der Waals surface area contributed by atoms with Gasteiger partial charge in [-0.3, -0.25) is 9.59 Å². The van der Waals surface area contributed by atoms with Crippen LogP contribution in [-0.4, -0.2) is 35.8 Å². The van der Waals surface area contributed by atoms with E-state index in [9.17, 15) is 14.4 Å². The number of methoxy groups -OCH3 is 1. The number of carbonyl (C=O) groups excluding carboxylic acids is 3. The van der Waals surface area contributed by atoms with Gasteiger partial charge in [-0.1, -0.05) is 54.6 Å². The number of hydrogen-bond acceptors (Lipinski definition) is 5. The van der Waals surface area contributed by atoms with Crippen molar-refractivity contribution in [1.82, 2.24) is 10.2 Å². The minimum Gasteiger partial charge on any atom is -0.489 e. The van der Waals surface area contributed by atoms with E-state index in [2.05, 4.69) is 5.32 Å². The summed E-state index contributed by atoms with van der Waals surface area (Å²) in [5.74, 6) is 0.203. The number of carbonyl (C=O) groups is 3. The second-order valence-electron chi connectivity index (χ2n) is 8.40. The standard InChI is InChI=1S/C28H28N2O5/c1-34-28(33)23-11-7-22(8-12-23)19-35-24-13-9-20(10-14-24)17-29-27(32)25-15-16-26(31)30(25)18-21-5-3-2-4-6-21/h2-14,25H,15-19H2,1H3,(H,29,32)/t25-/m0/s1. The van der Waals surface area contributed by atoms with Gasteiger partial charge in [0.05, 0.1) is 12.7 Å². The van der Waals surface area contributed by atoms with Crippen molar-refractivity contribution >= 4 is 17.8 Å². The zero-order valence-corrected chi connectivity index (χ0v) is 19.6. The Morgan fingerprint density at radius 1 is 0.914 bits per heavy atom. The molecule has 0 spiro atoms. The van der Waals surface area contributed by atoms with Crippen LogP contribution in [0.15, 0.2) is 78.9 Å². The van der Waals surface area contributed by atoms with Gasteiger partial charge < -0.3 is 19.7 Å². The first-order valence-corrected chi connectivity index (χ1v) is 11.5. The fraction of sp³-hybridized carbons (Fsp3) is 0.250. The third kappa shape index (κ3) is 6.26. The number of hydrogen-bond donors (Lipinski definition) is 1. The summed E-state index contributed by atoms with van der Waals surface area (Å²) in [7, 11) is 1.35. The quantitative estimate of drug-likeness (QED) is 0.478. The van der Waals surface area contributed by atoms with Crippen LogP contribution in [-0.2, 0) is 34.0 Å². The maximum Gasteiger partial charge on any atom is 0.337 e. The molecule has 1 saturated heterocycles. The van der Waals surface area contributed by atoms with Crippen LogP contribution in [0.5, 0.6) is 5.75 Å². The van der Waals surface area contributed by atoms with Gasteiger partial charge in [0.15, 0.2) is 0 Å². The Balaban J connectivity index is 1.26. The molecule has 1 atom stereocenters.